The van der Waals surface area contributed by atoms with Crippen molar-refractivity contribution in [1.29, 1.82) is 0 Å². The maximum absolute atomic E-state index is 11.6. The van der Waals surface area contributed by atoms with Gasteiger partial charge in [0.2, 0.25) is 0 Å². The summed E-state index contributed by atoms with van der Waals surface area (Å²) in [4.78, 5) is 21.9. The Morgan fingerprint density at radius 3 is 2.59 bits per heavy atom. The Hall–Kier alpha value is -1.91. The van der Waals surface area contributed by atoms with Crippen molar-refractivity contribution in [2.45, 2.75) is 20.3 Å². The van der Waals surface area contributed by atoms with E-state index < -0.39 is 4.92 Å². The largest absolute Gasteiger partial charge is 0.355 e. The minimum absolute atomic E-state index is 0.0216. The second kappa shape index (κ2) is 5.43. The number of carbonyl (C=O) groups excluding carboxylic acids is 1. The van der Waals surface area contributed by atoms with E-state index in [1.807, 2.05) is 13.8 Å². The summed E-state index contributed by atoms with van der Waals surface area (Å²) in [6.07, 6.45) is 0.643. The number of rotatable bonds is 4. The molecule has 5 heteroatoms. The van der Waals surface area contributed by atoms with E-state index in [1.165, 1.54) is 18.2 Å². The molecule has 1 rings (SSSR count). The molecule has 1 N–H and O–H groups in total. The van der Waals surface area contributed by atoms with Crippen LogP contribution in [-0.2, 0) is 6.42 Å². The van der Waals surface area contributed by atoms with Gasteiger partial charge in [-0.15, -0.1) is 0 Å². The normalized spacial score (nSPS) is 10.4. The van der Waals surface area contributed by atoms with Crippen molar-refractivity contribution in [2.24, 2.45) is 5.92 Å². The average molecular weight is 236 g/mol. The lowest BCUT2D eigenvalue weighted by Gasteiger charge is -2.10. The third-order valence-corrected chi connectivity index (χ3v) is 2.40. The van der Waals surface area contributed by atoms with Crippen LogP contribution in [0.5, 0.6) is 0 Å². The molecule has 0 aliphatic carbocycles. The summed E-state index contributed by atoms with van der Waals surface area (Å²) >= 11 is 0. The third-order valence-electron chi connectivity index (χ3n) is 2.40. The van der Waals surface area contributed by atoms with E-state index in [-0.39, 0.29) is 11.6 Å². The van der Waals surface area contributed by atoms with E-state index in [2.05, 4.69) is 5.32 Å². The Kier molecular flexibility index (Phi) is 4.20. The molecular formula is C12H16N2O3. The molecule has 1 aromatic carbocycles. The van der Waals surface area contributed by atoms with Crippen molar-refractivity contribution in [3.8, 4) is 0 Å². The zero-order valence-electron chi connectivity index (χ0n) is 10.2. The van der Waals surface area contributed by atoms with Gasteiger partial charge in [0, 0.05) is 24.7 Å². The van der Waals surface area contributed by atoms with E-state index in [1.54, 1.807) is 7.05 Å². The lowest BCUT2D eigenvalue weighted by atomic mass is 9.97. The molecule has 17 heavy (non-hydrogen) atoms. The molecular weight excluding hydrogens is 220 g/mol. The predicted molar refractivity (Wildman–Crippen MR) is 65.0 cm³/mol. The monoisotopic (exact) mass is 236 g/mol. The quantitative estimate of drug-likeness (QED) is 0.643. The van der Waals surface area contributed by atoms with Crippen LogP contribution in [-0.4, -0.2) is 17.9 Å². The van der Waals surface area contributed by atoms with Crippen LogP contribution in [0, 0.1) is 16.0 Å². The molecule has 0 aromatic heterocycles. The summed E-state index contributed by atoms with van der Waals surface area (Å²) in [7, 11) is 1.54. The number of amides is 1. The summed E-state index contributed by atoms with van der Waals surface area (Å²) in [5, 5.41) is 13.2. The fourth-order valence-electron chi connectivity index (χ4n) is 1.66. The molecule has 0 bridgehead atoms. The van der Waals surface area contributed by atoms with Crippen LogP contribution in [0.15, 0.2) is 18.2 Å². The summed E-state index contributed by atoms with van der Waals surface area (Å²) in [5.41, 5.74) is 1.24. The van der Waals surface area contributed by atoms with Gasteiger partial charge in [0.15, 0.2) is 0 Å². The van der Waals surface area contributed by atoms with Crippen LogP contribution in [0.4, 0.5) is 5.69 Å². The molecule has 0 aliphatic rings. The van der Waals surface area contributed by atoms with Crippen LogP contribution in [0.3, 0.4) is 0 Å². The topological polar surface area (TPSA) is 72.2 Å². The Labute approximate surface area is 100.0 Å². The van der Waals surface area contributed by atoms with E-state index in [0.29, 0.717) is 23.5 Å². The number of nitrogens with zero attached hydrogens (tertiary/aromatic N) is 1. The van der Waals surface area contributed by atoms with E-state index in [4.69, 9.17) is 0 Å². The predicted octanol–water partition coefficient (Wildman–Crippen LogP) is 2.15. The molecule has 0 radical (unpaired) electrons. The molecule has 92 valence electrons. The van der Waals surface area contributed by atoms with Gasteiger partial charge in [-0.1, -0.05) is 13.8 Å². The molecule has 0 unspecified atom stereocenters. The minimum Gasteiger partial charge on any atom is -0.355 e. The van der Waals surface area contributed by atoms with Gasteiger partial charge in [-0.05, 0) is 24.0 Å². The number of hydrogen-bond acceptors (Lipinski definition) is 3. The molecule has 0 spiro atoms. The summed E-state index contributed by atoms with van der Waals surface area (Å²) in [6, 6.07) is 4.34. The van der Waals surface area contributed by atoms with Gasteiger partial charge in [0.05, 0.1) is 4.92 Å². The van der Waals surface area contributed by atoms with Crippen molar-refractivity contribution in [3.63, 3.8) is 0 Å². The Morgan fingerprint density at radius 2 is 2.12 bits per heavy atom. The first-order chi connectivity index (χ1) is 7.95. The van der Waals surface area contributed by atoms with Crippen LogP contribution in [0.1, 0.15) is 29.8 Å². The SMILES string of the molecule is CNC(=O)c1ccc([N+](=O)[O-])cc1CC(C)C. The highest BCUT2D eigenvalue weighted by Gasteiger charge is 2.15. The van der Waals surface area contributed by atoms with Gasteiger partial charge in [-0.25, -0.2) is 0 Å². The van der Waals surface area contributed by atoms with Gasteiger partial charge >= 0.3 is 0 Å². The zero-order valence-corrected chi connectivity index (χ0v) is 10.2. The lowest BCUT2D eigenvalue weighted by molar-refractivity contribution is -0.384. The molecule has 0 saturated carbocycles. The molecule has 5 nitrogen and oxygen atoms in total. The summed E-state index contributed by atoms with van der Waals surface area (Å²) in [6.45, 7) is 4.01. The highest BCUT2D eigenvalue weighted by Crippen LogP contribution is 2.20. The van der Waals surface area contributed by atoms with Crippen LogP contribution >= 0.6 is 0 Å². The number of hydrogen-bond donors (Lipinski definition) is 1. The molecule has 0 heterocycles. The number of non-ortho nitro benzene ring substituents is 1. The van der Waals surface area contributed by atoms with Crippen LogP contribution in [0.2, 0.25) is 0 Å². The first kappa shape index (κ1) is 13.2. The van der Waals surface area contributed by atoms with Gasteiger partial charge in [0.25, 0.3) is 11.6 Å². The van der Waals surface area contributed by atoms with Gasteiger partial charge < -0.3 is 5.32 Å². The highest BCUT2D eigenvalue weighted by molar-refractivity contribution is 5.95. The molecule has 1 aromatic rings. The van der Waals surface area contributed by atoms with Crippen LogP contribution < -0.4 is 5.32 Å². The van der Waals surface area contributed by atoms with E-state index in [0.717, 1.165) is 0 Å². The van der Waals surface area contributed by atoms with E-state index in [9.17, 15) is 14.9 Å². The summed E-state index contributed by atoms with van der Waals surface area (Å²) in [5.74, 6) is 0.121. The lowest BCUT2D eigenvalue weighted by Crippen LogP contribution is -2.20. The Balaban J connectivity index is 3.21. The van der Waals surface area contributed by atoms with Crippen molar-refractivity contribution in [3.05, 3.63) is 39.4 Å². The van der Waals surface area contributed by atoms with Gasteiger partial charge in [-0.3, -0.25) is 14.9 Å². The number of carbonyl (C=O) groups is 1. The van der Waals surface area contributed by atoms with Gasteiger partial charge in [0.1, 0.15) is 0 Å². The molecule has 0 saturated heterocycles. The number of benzene rings is 1. The van der Waals surface area contributed by atoms with Crippen molar-refractivity contribution >= 4 is 11.6 Å². The first-order valence-electron chi connectivity index (χ1n) is 5.45. The maximum Gasteiger partial charge on any atom is 0.269 e. The summed E-state index contributed by atoms with van der Waals surface area (Å²) < 4.78 is 0. The number of nitro groups is 1. The van der Waals surface area contributed by atoms with Crippen molar-refractivity contribution < 1.29 is 9.72 Å². The second-order valence-corrected chi connectivity index (χ2v) is 4.28. The molecule has 0 atom stereocenters. The number of nitro benzene ring substituents is 1. The first-order valence-corrected chi connectivity index (χ1v) is 5.45. The third kappa shape index (κ3) is 3.27. The van der Waals surface area contributed by atoms with Crippen LogP contribution in [0.25, 0.3) is 0 Å². The smallest absolute Gasteiger partial charge is 0.269 e. The number of nitrogens with one attached hydrogen (secondary N) is 1. The highest BCUT2D eigenvalue weighted by atomic mass is 16.6. The average Bonchev–Trinajstić information content (AvgIpc) is 2.27. The Morgan fingerprint density at radius 1 is 1.47 bits per heavy atom. The minimum atomic E-state index is -0.447. The fourth-order valence-corrected chi connectivity index (χ4v) is 1.66. The van der Waals surface area contributed by atoms with Gasteiger partial charge in [-0.2, -0.15) is 0 Å². The Bertz CT molecular complexity index is 441. The molecule has 0 aliphatic heterocycles. The van der Waals surface area contributed by atoms with E-state index >= 15 is 0 Å². The van der Waals surface area contributed by atoms with Crippen molar-refractivity contribution in [1.82, 2.24) is 5.32 Å². The molecule has 1 amide bonds. The fraction of sp³-hybridized carbons (Fsp3) is 0.417. The molecule has 0 fully saturated rings. The standard InChI is InChI=1S/C12H16N2O3/c1-8(2)6-9-7-10(14(16)17)4-5-11(9)12(15)13-3/h4-5,7-8H,6H2,1-3H3,(H,13,15). The zero-order chi connectivity index (χ0) is 13.0. The maximum atomic E-state index is 11.6. The second-order valence-electron chi connectivity index (χ2n) is 4.28. The van der Waals surface area contributed by atoms with Crippen molar-refractivity contribution in [2.75, 3.05) is 7.05 Å².